The molecule has 4 aliphatic rings. The molecule has 0 amide bonds. The molecule has 0 saturated carbocycles. The van der Waals surface area contributed by atoms with Gasteiger partial charge in [-0.25, -0.2) is 0 Å². The summed E-state index contributed by atoms with van der Waals surface area (Å²) in [7, 11) is 4.46. The van der Waals surface area contributed by atoms with Gasteiger partial charge in [-0.3, -0.25) is 9.80 Å². The van der Waals surface area contributed by atoms with E-state index in [4.69, 9.17) is 0 Å². The highest BCUT2D eigenvalue weighted by molar-refractivity contribution is 5.14. The van der Waals surface area contributed by atoms with Crippen LogP contribution in [0.4, 0.5) is 0 Å². The molecule has 4 heterocycles. The molecule has 0 radical (unpaired) electrons. The Morgan fingerprint density at radius 3 is 1.69 bits per heavy atom. The minimum atomic E-state index is 0.693. The van der Waals surface area contributed by atoms with E-state index in [1.54, 1.807) is 0 Å². The van der Waals surface area contributed by atoms with E-state index in [0.29, 0.717) is 12.1 Å². The molecule has 4 saturated heterocycles. The molecule has 0 aliphatic carbocycles. The molecule has 0 atom stereocenters. The number of piperidine rings is 2. The number of hydrogen-bond acceptors (Lipinski definition) is 6. The first-order valence-electron chi connectivity index (χ1n) is 17.5. The number of rotatable bonds is 7. The van der Waals surface area contributed by atoms with E-state index in [2.05, 4.69) is 115 Å². The van der Waals surface area contributed by atoms with Crippen LogP contribution in [-0.4, -0.2) is 139 Å². The molecule has 6 nitrogen and oxygen atoms in total. The monoisotopic (exact) mass is 585 g/mol. The van der Waals surface area contributed by atoms with Crippen LogP contribution in [0, 0.1) is 0 Å². The SMILES string of the molecule is CC(C)N(C)C1CCN(C)CC1.CC(C)N1CCC(N2CCCC2)CC1.CC(C)N1CCN(Cc2ccccc2)CC1. The summed E-state index contributed by atoms with van der Waals surface area (Å²) in [5.74, 6) is 0. The Kier molecular flexibility index (Phi) is 15.8. The van der Waals surface area contributed by atoms with Crippen LogP contribution in [0.15, 0.2) is 30.3 Å². The first kappa shape index (κ1) is 35.5. The van der Waals surface area contributed by atoms with Gasteiger partial charge in [0.05, 0.1) is 0 Å². The highest BCUT2D eigenvalue weighted by atomic mass is 15.3. The Bertz CT molecular complexity index is 799. The van der Waals surface area contributed by atoms with E-state index >= 15 is 0 Å². The molecule has 4 aliphatic heterocycles. The fourth-order valence-corrected chi connectivity index (χ4v) is 6.98. The third kappa shape index (κ3) is 12.2. The van der Waals surface area contributed by atoms with Crippen molar-refractivity contribution in [1.29, 1.82) is 0 Å². The fourth-order valence-electron chi connectivity index (χ4n) is 6.98. The molecule has 0 bridgehead atoms. The standard InChI is InChI=1S/C14H22N2.C12H24N2.C10H22N2/c1-13(2)16-10-8-15(9-11-16)12-14-6-4-3-5-7-14;1-11(2)13-9-5-12(6-10-13)14-7-3-4-8-14;1-9(2)12(4)10-5-7-11(3)8-6-10/h3-7,13H,8-12H2,1-2H3;11-12H,3-10H2,1-2H3;9-10H,5-8H2,1-4H3. The van der Waals surface area contributed by atoms with Gasteiger partial charge in [0.2, 0.25) is 0 Å². The van der Waals surface area contributed by atoms with Crippen molar-refractivity contribution < 1.29 is 0 Å². The minimum absolute atomic E-state index is 0.693. The van der Waals surface area contributed by atoms with E-state index in [0.717, 1.165) is 24.7 Å². The number of hydrogen-bond donors (Lipinski definition) is 0. The van der Waals surface area contributed by atoms with E-state index in [1.807, 2.05) is 0 Å². The topological polar surface area (TPSA) is 19.4 Å². The van der Waals surface area contributed by atoms with Crippen molar-refractivity contribution in [3.05, 3.63) is 35.9 Å². The number of likely N-dealkylation sites (tertiary alicyclic amines) is 3. The van der Waals surface area contributed by atoms with Crippen LogP contribution in [0.3, 0.4) is 0 Å². The molecule has 0 spiro atoms. The zero-order valence-corrected chi connectivity index (χ0v) is 29.0. The fraction of sp³-hybridized carbons (Fsp3) is 0.833. The van der Waals surface area contributed by atoms with Gasteiger partial charge in [-0.2, -0.15) is 0 Å². The Morgan fingerprint density at radius 2 is 1.19 bits per heavy atom. The van der Waals surface area contributed by atoms with Crippen LogP contribution in [0.25, 0.3) is 0 Å². The smallest absolute Gasteiger partial charge is 0.0234 e. The third-order valence-corrected chi connectivity index (χ3v) is 10.4. The molecule has 0 aromatic heterocycles. The highest BCUT2D eigenvalue weighted by Gasteiger charge is 2.27. The van der Waals surface area contributed by atoms with Crippen LogP contribution >= 0.6 is 0 Å². The number of benzene rings is 1. The van der Waals surface area contributed by atoms with Crippen molar-refractivity contribution >= 4 is 0 Å². The second kappa shape index (κ2) is 18.7. The summed E-state index contributed by atoms with van der Waals surface area (Å²) in [6.07, 6.45) is 8.35. The first-order chi connectivity index (χ1) is 20.1. The molecule has 1 aromatic carbocycles. The Balaban J connectivity index is 0.000000175. The van der Waals surface area contributed by atoms with Crippen LogP contribution in [0.1, 0.15) is 85.6 Å². The van der Waals surface area contributed by atoms with Crippen LogP contribution in [0.5, 0.6) is 0 Å². The molecule has 4 fully saturated rings. The van der Waals surface area contributed by atoms with Gasteiger partial charge >= 0.3 is 0 Å². The summed E-state index contributed by atoms with van der Waals surface area (Å²) < 4.78 is 0. The van der Waals surface area contributed by atoms with Crippen molar-refractivity contribution in [2.45, 2.75) is 117 Å². The highest BCUT2D eigenvalue weighted by Crippen LogP contribution is 2.22. The normalized spacial score (nSPS) is 23.0. The average molecular weight is 585 g/mol. The van der Waals surface area contributed by atoms with E-state index in [1.165, 1.54) is 110 Å². The summed E-state index contributed by atoms with van der Waals surface area (Å²) in [5, 5.41) is 0. The van der Waals surface area contributed by atoms with Crippen LogP contribution in [-0.2, 0) is 6.54 Å². The molecule has 0 unspecified atom stereocenters. The predicted octanol–water partition coefficient (Wildman–Crippen LogP) is 5.59. The summed E-state index contributed by atoms with van der Waals surface area (Å²) in [5.41, 5.74) is 1.43. The van der Waals surface area contributed by atoms with Gasteiger partial charge in [0, 0.05) is 62.9 Å². The second-order valence-corrected chi connectivity index (χ2v) is 14.3. The summed E-state index contributed by atoms with van der Waals surface area (Å²) >= 11 is 0. The molecular formula is C36H68N6. The van der Waals surface area contributed by atoms with Crippen molar-refractivity contribution in [3.63, 3.8) is 0 Å². The maximum absolute atomic E-state index is 2.72. The average Bonchev–Trinajstić information content (AvgIpc) is 3.54. The number of nitrogens with zero attached hydrogens (tertiary/aromatic N) is 6. The summed E-state index contributed by atoms with van der Waals surface area (Å²) in [4.78, 5) is 15.4. The van der Waals surface area contributed by atoms with Gasteiger partial charge in [0.25, 0.3) is 0 Å². The van der Waals surface area contributed by atoms with E-state index in [-0.39, 0.29) is 0 Å². The Morgan fingerprint density at radius 1 is 0.667 bits per heavy atom. The lowest BCUT2D eigenvalue weighted by atomic mass is 10.0. The van der Waals surface area contributed by atoms with Gasteiger partial charge in [0.15, 0.2) is 0 Å². The third-order valence-electron chi connectivity index (χ3n) is 10.4. The molecule has 5 rings (SSSR count). The summed E-state index contributed by atoms with van der Waals surface area (Å²) in [6.45, 7) is 27.6. The largest absolute Gasteiger partial charge is 0.306 e. The van der Waals surface area contributed by atoms with E-state index < -0.39 is 0 Å². The lowest BCUT2D eigenvalue weighted by Crippen LogP contribution is -2.48. The molecule has 0 N–H and O–H groups in total. The maximum atomic E-state index is 2.72. The van der Waals surface area contributed by atoms with E-state index in [9.17, 15) is 0 Å². The summed E-state index contributed by atoms with van der Waals surface area (Å²) in [6, 6.07) is 14.6. The van der Waals surface area contributed by atoms with Crippen molar-refractivity contribution in [2.75, 3.05) is 79.5 Å². The van der Waals surface area contributed by atoms with Gasteiger partial charge in [0.1, 0.15) is 0 Å². The van der Waals surface area contributed by atoms with Gasteiger partial charge in [-0.15, -0.1) is 0 Å². The predicted molar refractivity (Wildman–Crippen MR) is 182 cm³/mol. The molecular weight excluding hydrogens is 516 g/mol. The lowest BCUT2D eigenvalue weighted by molar-refractivity contribution is 0.104. The van der Waals surface area contributed by atoms with Crippen LogP contribution in [0.2, 0.25) is 0 Å². The molecule has 1 aromatic rings. The Hall–Kier alpha value is -1.02. The van der Waals surface area contributed by atoms with Gasteiger partial charge < -0.3 is 19.6 Å². The lowest BCUT2D eigenvalue weighted by Gasteiger charge is -2.38. The first-order valence-corrected chi connectivity index (χ1v) is 17.5. The molecule has 6 heteroatoms. The minimum Gasteiger partial charge on any atom is -0.306 e. The second-order valence-electron chi connectivity index (χ2n) is 14.3. The Labute approximate surface area is 261 Å². The number of piperazine rings is 1. The quantitative estimate of drug-likeness (QED) is 0.413. The van der Waals surface area contributed by atoms with Crippen molar-refractivity contribution in [1.82, 2.24) is 29.4 Å². The van der Waals surface area contributed by atoms with Crippen molar-refractivity contribution in [3.8, 4) is 0 Å². The maximum Gasteiger partial charge on any atom is 0.0234 e. The zero-order valence-electron chi connectivity index (χ0n) is 29.0. The molecule has 42 heavy (non-hydrogen) atoms. The van der Waals surface area contributed by atoms with Gasteiger partial charge in [-0.1, -0.05) is 30.3 Å². The van der Waals surface area contributed by atoms with Crippen LogP contribution < -0.4 is 0 Å². The zero-order chi connectivity index (χ0) is 30.5. The van der Waals surface area contributed by atoms with Crippen molar-refractivity contribution in [2.24, 2.45) is 0 Å². The molecule has 242 valence electrons. The van der Waals surface area contributed by atoms with Gasteiger partial charge in [-0.05, 0) is 139 Å².